The van der Waals surface area contributed by atoms with E-state index >= 15 is 0 Å². The number of benzene rings is 1. The highest BCUT2D eigenvalue weighted by Gasteiger charge is 2.28. The Balaban J connectivity index is 3.23. The molecule has 0 saturated carbocycles. The van der Waals surface area contributed by atoms with Gasteiger partial charge in [0.05, 0.1) is 0 Å². The van der Waals surface area contributed by atoms with Crippen molar-refractivity contribution in [3.63, 3.8) is 0 Å². The molecule has 1 N–H and O–H groups in total. The average Bonchev–Trinajstić information content (AvgIpc) is 2.23. The first-order valence-electron chi connectivity index (χ1n) is 3.45. The topological polar surface area (TPSA) is 55.8 Å². The monoisotopic (exact) mass is 244 g/mol. The van der Waals surface area contributed by atoms with Crippen LogP contribution >= 0.6 is 0 Å². The lowest BCUT2D eigenvalue weighted by Crippen LogP contribution is -2.10. The maximum Gasteiger partial charge on any atom is 0.547 e. The van der Waals surface area contributed by atoms with Crippen LogP contribution in [0.25, 0.3) is 0 Å². The van der Waals surface area contributed by atoms with Gasteiger partial charge >= 0.3 is 6.16 Å². The van der Waals surface area contributed by atoms with Crippen molar-refractivity contribution in [2.75, 3.05) is 0 Å². The molecule has 0 unspecified atom stereocenters. The van der Waals surface area contributed by atoms with Crippen molar-refractivity contribution >= 4 is 6.16 Å². The summed E-state index contributed by atoms with van der Waals surface area (Å²) in [5, 5.41) is 7.90. The summed E-state index contributed by atoms with van der Waals surface area (Å²) in [7, 11) is 0. The summed E-state index contributed by atoms with van der Waals surface area (Å²) in [5.41, 5.74) is 0. The van der Waals surface area contributed by atoms with Crippen LogP contribution in [-0.2, 0) is 4.89 Å². The number of rotatable bonds is 2. The normalized spacial score (nSPS) is 10.1. The predicted molar refractivity (Wildman–Crippen MR) is 36.0 cm³/mol. The van der Waals surface area contributed by atoms with E-state index in [1.807, 2.05) is 0 Å². The average molecular weight is 244 g/mol. The zero-order valence-electron chi connectivity index (χ0n) is 7.06. The molecular weight excluding hydrogens is 243 g/mol. The number of hydrogen-bond acceptors (Lipinski definition) is 3. The summed E-state index contributed by atoms with van der Waals surface area (Å²) in [4.78, 5) is 16.4. The van der Waals surface area contributed by atoms with Gasteiger partial charge in [0.15, 0.2) is 0 Å². The Morgan fingerprint density at radius 2 is 1.25 bits per heavy atom. The van der Waals surface area contributed by atoms with Gasteiger partial charge in [-0.25, -0.2) is 22.9 Å². The van der Waals surface area contributed by atoms with E-state index in [1.165, 1.54) is 0 Å². The Bertz CT molecular complexity index is 418. The van der Waals surface area contributed by atoms with Gasteiger partial charge in [-0.05, 0) is 0 Å². The molecule has 0 aliphatic carbocycles. The van der Waals surface area contributed by atoms with Crippen LogP contribution in [0.3, 0.4) is 0 Å². The molecule has 16 heavy (non-hydrogen) atoms. The lowest BCUT2D eigenvalue weighted by Gasteiger charge is -2.06. The van der Waals surface area contributed by atoms with Gasteiger partial charge in [0.25, 0.3) is 5.75 Å². The van der Waals surface area contributed by atoms with Crippen LogP contribution < -0.4 is 4.89 Å². The molecule has 0 aromatic heterocycles. The van der Waals surface area contributed by atoms with Crippen molar-refractivity contribution < 1.29 is 41.6 Å². The Labute approximate surface area is 83.7 Å². The molecule has 4 nitrogen and oxygen atoms in total. The van der Waals surface area contributed by atoms with Crippen LogP contribution in [0.5, 0.6) is 5.75 Å². The molecule has 0 spiro atoms. The van der Waals surface area contributed by atoms with Crippen molar-refractivity contribution in [1.29, 1.82) is 0 Å². The summed E-state index contributed by atoms with van der Waals surface area (Å²) < 4.78 is 62.9. The van der Waals surface area contributed by atoms with Gasteiger partial charge in [-0.1, -0.05) is 0 Å². The van der Waals surface area contributed by atoms with Gasteiger partial charge in [0.1, 0.15) is 0 Å². The van der Waals surface area contributed by atoms with E-state index in [0.717, 1.165) is 0 Å². The molecule has 1 aromatic rings. The van der Waals surface area contributed by atoms with Crippen LogP contribution in [0.2, 0.25) is 0 Å². The molecule has 1 aromatic carbocycles. The van der Waals surface area contributed by atoms with E-state index in [-0.39, 0.29) is 0 Å². The smallest absolute Gasteiger partial charge is 0.447 e. The van der Waals surface area contributed by atoms with Gasteiger partial charge in [-0.3, -0.25) is 4.89 Å². The largest absolute Gasteiger partial charge is 0.547 e. The Kier molecular flexibility index (Phi) is 3.16. The second-order valence-corrected chi connectivity index (χ2v) is 2.33. The third kappa shape index (κ3) is 1.97. The van der Waals surface area contributed by atoms with E-state index in [2.05, 4.69) is 9.78 Å². The molecule has 0 amide bonds. The number of hydrogen-bond donors (Lipinski definition) is 1. The van der Waals surface area contributed by atoms with Crippen molar-refractivity contribution in [3.05, 3.63) is 29.1 Å². The van der Waals surface area contributed by atoms with Crippen LogP contribution in [0.1, 0.15) is 0 Å². The zero-order valence-corrected chi connectivity index (χ0v) is 7.06. The van der Waals surface area contributed by atoms with E-state index in [4.69, 9.17) is 5.11 Å². The molecular formula is C7HF5O4. The van der Waals surface area contributed by atoms with Crippen LogP contribution in [0.4, 0.5) is 26.7 Å². The zero-order chi connectivity index (χ0) is 12.5. The van der Waals surface area contributed by atoms with Crippen molar-refractivity contribution in [2.45, 2.75) is 0 Å². The fourth-order valence-corrected chi connectivity index (χ4v) is 0.735. The van der Waals surface area contributed by atoms with E-state index in [9.17, 15) is 26.7 Å². The molecule has 0 fully saturated rings. The molecule has 0 heterocycles. The van der Waals surface area contributed by atoms with E-state index < -0.39 is 41.0 Å². The molecule has 9 heteroatoms. The van der Waals surface area contributed by atoms with Crippen molar-refractivity contribution in [2.24, 2.45) is 0 Å². The van der Waals surface area contributed by atoms with Gasteiger partial charge in [0.2, 0.25) is 29.1 Å². The first-order chi connectivity index (χ1) is 7.36. The Hall–Kier alpha value is -2.06. The summed E-state index contributed by atoms with van der Waals surface area (Å²) in [5.74, 6) is -13.4. The molecule has 0 bridgehead atoms. The predicted octanol–water partition coefficient (Wildman–Crippen LogP) is 2.37. The van der Waals surface area contributed by atoms with Gasteiger partial charge < -0.3 is 5.11 Å². The second kappa shape index (κ2) is 4.21. The molecule has 0 aliphatic rings. The standard InChI is InChI=1S/C7HF5O4/c8-1-2(9)4(11)6(5(12)3(1)10)15-16-7(13)14/h(H,13,14). The van der Waals surface area contributed by atoms with Crippen LogP contribution in [-0.4, -0.2) is 11.3 Å². The van der Waals surface area contributed by atoms with Gasteiger partial charge in [-0.15, -0.1) is 0 Å². The molecule has 0 radical (unpaired) electrons. The molecule has 88 valence electrons. The third-order valence-corrected chi connectivity index (χ3v) is 1.37. The second-order valence-electron chi connectivity index (χ2n) is 2.33. The van der Waals surface area contributed by atoms with Crippen molar-refractivity contribution in [1.82, 2.24) is 0 Å². The minimum absolute atomic E-state index is 1.83. The fourth-order valence-electron chi connectivity index (χ4n) is 0.735. The van der Waals surface area contributed by atoms with Gasteiger partial charge in [-0.2, -0.15) is 8.78 Å². The number of carboxylic acid groups (broad SMARTS) is 1. The highest BCUT2D eigenvalue weighted by Crippen LogP contribution is 2.29. The Morgan fingerprint density at radius 1 is 0.875 bits per heavy atom. The van der Waals surface area contributed by atoms with Crippen molar-refractivity contribution in [3.8, 4) is 5.75 Å². The lowest BCUT2D eigenvalue weighted by molar-refractivity contribution is -0.166. The van der Waals surface area contributed by atoms with Crippen LogP contribution in [0, 0.1) is 29.1 Å². The molecule has 0 aliphatic heterocycles. The fraction of sp³-hybridized carbons (Fsp3) is 0. The number of carbonyl (C=O) groups is 1. The molecule has 1 rings (SSSR count). The minimum atomic E-state index is -2.39. The summed E-state index contributed by atoms with van der Waals surface area (Å²) in [6.45, 7) is 0. The first-order valence-corrected chi connectivity index (χ1v) is 3.45. The van der Waals surface area contributed by atoms with E-state index in [0.29, 0.717) is 0 Å². The Morgan fingerprint density at radius 3 is 1.62 bits per heavy atom. The summed E-state index contributed by atoms with van der Waals surface area (Å²) in [6, 6.07) is 0. The van der Waals surface area contributed by atoms with E-state index in [1.54, 1.807) is 0 Å². The maximum absolute atomic E-state index is 12.7. The highest BCUT2D eigenvalue weighted by atomic mass is 19.2. The number of halogens is 5. The minimum Gasteiger partial charge on any atom is -0.447 e. The van der Waals surface area contributed by atoms with Crippen LogP contribution in [0.15, 0.2) is 0 Å². The van der Waals surface area contributed by atoms with Gasteiger partial charge in [0, 0.05) is 0 Å². The maximum atomic E-state index is 12.7. The third-order valence-electron chi connectivity index (χ3n) is 1.37. The quantitative estimate of drug-likeness (QED) is 0.285. The first kappa shape index (κ1) is 12.0. The highest BCUT2D eigenvalue weighted by molar-refractivity contribution is 5.56. The molecule has 0 saturated heterocycles. The summed E-state index contributed by atoms with van der Waals surface area (Å²) in [6.07, 6.45) is -2.12. The summed E-state index contributed by atoms with van der Waals surface area (Å²) >= 11 is 0. The molecule has 0 atom stereocenters. The SMILES string of the molecule is O=C(O)OOc1c(F)c(F)c(F)c(F)c1F. The lowest BCUT2D eigenvalue weighted by atomic mass is 10.3.